The molecule has 112 valence electrons. The zero-order chi connectivity index (χ0) is 14.7. The van der Waals surface area contributed by atoms with E-state index in [1.165, 1.54) is 17.5 Å². The number of piperidine rings is 1. The summed E-state index contributed by atoms with van der Waals surface area (Å²) in [5, 5.41) is 7.10. The number of anilines is 2. The molecule has 7 heteroatoms. The molecule has 2 aromatic rings. The summed E-state index contributed by atoms with van der Waals surface area (Å²) in [6.07, 6.45) is 5.92. The van der Waals surface area contributed by atoms with Crippen LogP contribution in [-0.4, -0.2) is 28.0 Å². The SMILES string of the molecule is Cc1cnc(Nc2ncc(F)c(CC3CCCNC3)n2)s1. The van der Waals surface area contributed by atoms with Crippen LogP contribution in [0.5, 0.6) is 0 Å². The van der Waals surface area contributed by atoms with Gasteiger partial charge in [0.1, 0.15) is 0 Å². The van der Waals surface area contributed by atoms with Crippen molar-refractivity contribution >= 4 is 22.4 Å². The third kappa shape index (κ3) is 3.74. The Morgan fingerprint density at radius 2 is 2.33 bits per heavy atom. The number of thiazole rings is 1. The average Bonchev–Trinajstić information content (AvgIpc) is 2.89. The molecule has 1 atom stereocenters. The van der Waals surface area contributed by atoms with Crippen LogP contribution in [0.4, 0.5) is 15.5 Å². The topological polar surface area (TPSA) is 62.7 Å². The van der Waals surface area contributed by atoms with Crippen LogP contribution in [0.3, 0.4) is 0 Å². The first-order valence-electron chi connectivity index (χ1n) is 7.12. The summed E-state index contributed by atoms with van der Waals surface area (Å²) in [4.78, 5) is 13.6. The summed E-state index contributed by atoms with van der Waals surface area (Å²) in [5.74, 6) is 0.518. The van der Waals surface area contributed by atoms with Crippen molar-refractivity contribution in [2.24, 2.45) is 5.92 Å². The molecule has 1 aliphatic rings. The first-order chi connectivity index (χ1) is 10.2. The molecule has 0 aliphatic carbocycles. The predicted molar refractivity (Wildman–Crippen MR) is 81.4 cm³/mol. The Balaban J connectivity index is 1.72. The molecular formula is C14H18FN5S. The molecular weight excluding hydrogens is 289 g/mol. The lowest BCUT2D eigenvalue weighted by Crippen LogP contribution is -2.31. The van der Waals surface area contributed by atoms with E-state index in [4.69, 9.17) is 0 Å². The third-order valence-corrected chi connectivity index (χ3v) is 4.37. The van der Waals surface area contributed by atoms with Crippen molar-refractivity contribution in [3.05, 3.63) is 28.8 Å². The van der Waals surface area contributed by atoms with Gasteiger partial charge in [0, 0.05) is 11.1 Å². The van der Waals surface area contributed by atoms with Crippen LogP contribution in [0.1, 0.15) is 23.4 Å². The van der Waals surface area contributed by atoms with Gasteiger partial charge in [0.25, 0.3) is 0 Å². The molecule has 0 radical (unpaired) electrons. The Labute approximate surface area is 127 Å². The van der Waals surface area contributed by atoms with Crippen LogP contribution < -0.4 is 10.6 Å². The number of nitrogens with one attached hydrogen (secondary N) is 2. The first-order valence-corrected chi connectivity index (χ1v) is 7.94. The van der Waals surface area contributed by atoms with E-state index in [-0.39, 0.29) is 5.82 Å². The number of aryl methyl sites for hydroxylation is 1. The quantitative estimate of drug-likeness (QED) is 0.909. The number of hydrogen-bond donors (Lipinski definition) is 2. The van der Waals surface area contributed by atoms with Gasteiger partial charge in [0.05, 0.1) is 11.9 Å². The van der Waals surface area contributed by atoms with Crippen LogP contribution in [-0.2, 0) is 6.42 Å². The van der Waals surface area contributed by atoms with E-state index < -0.39 is 0 Å². The molecule has 5 nitrogen and oxygen atoms in total. The van der Waals surface area contributed by atoms with Gasteiger partial charge >= 0.3 is 0 Å². The minimum absolute atomic E-state index is 0.332. The highest BCUT2D eigenvalue weighted by Gasteiger charge is 2.17. The summed E-state index contributed by atoms with van der Waals surface area (Å²) in [5.41, 5.74) is 0.481. The van der Waals surface area contributed by atoms with E-state index in [0.717, 1.165) is 35.9 Å². The lowest BCUT2D eigenvalue weighted by molar-refractivity contribution is 0.368. The molecule has 1 aliphatic heterocycles. The van der Waals surface area contributed by atoms with E-state index >= 15 is 0 Å². The fourth-order valence-corrected chi connectivity index (χ4v) is 3.14. The summed E-state index contributed by atoms with van der Waals surface area (Å²) >= 11 is 1.52. The highest BCUT2D eigenvalue weighted by atomic mass is 32.1. The molecule has 2 N–H and O–H groups in total. The Morgan fingerprint density at radius 1 is 1.43 bits per heavy atom. The van der Waals surface area contributed by atoms with Gasteiger partial charge in [-0.15, -0.1) is 11.3 Å². The molecule has 0 bridgehead atoms. The Morgan fingerprint density at radius 3 is 3.05 bits per heavy atom. The summed E-state index contributed by atoms with van der Waals surface area (Å²) in [6.45, 7) is 3.96. The normalized spacial score (nSPS) is 18.7. The Hall–Kier alpha value is -1.60. The van der Waals surface area contributed by atoms with E-state index in [1.807, 2.05) is 6.92 Å². The molecule has 0 aromatic carbocycles. The van der Waals surface area contributed by atoms with Gasteiger partial charge in [-0.3, -0.25) is 0 Å². The van der Waals surface area contributed by atoms with Gasteiger partial charge in [-0.25, -0.2) is 19.3 Å². The molecule has 1 unspecified atom stereocenters. The second-order valence-corrected chi connectivity index (χ2v) is 6.54. The smallest absolute Gasteiger partial charge is 0.229 e. The van der Waals surface area contributed by atoms with Gasteiger partial charge < -0.3 is 10.6 Å². The summed E-state index contributed by atoms with van der Waals surface area (Å²) < 4.78 is 13.9. The number of hydrogen-bond acceptors (Lipinski definition) is 6. The largest absolute Gasteiger partial charge is 0.316 e. The summed E-state index contributed by atoms with van der Waals surface area (Å²) in [7, 11) is 0. The third-order valence-electron chi connectivity index (χ3n) is 3.54. The standard InChI is InChI=1S/C14H18FN5S/c1-9-6-18-14(21-9)20-13-17-8-11(15)12(19-13)5-10-3-2-4-16-7-10/h6,8,10,16H,2-5,7H2,1H3,(H,17,18,19,20). The van der Waals surface area contributed by atoms with Gasteiger partial charge in [0.2, 0.25) is 5.95 Å². The number of aromatic nitrogens is 3. The van der Waals surface area contributed by atoms with Crippen molar-refractivity contribution < 1.29 is 4.39 Å². The molecule has 0 amide bonds. The number of halogens is 1. The highest BCUT2D eigenvalue weighted by molar-refractivity contribution is 7.15. The molecule has 0 spiro atoms. The van der Waals surface area contributed by atoms with Gasteiger partial charge in [-0.2, -0.15) is 0 Å². The van der Waals surface area contributed by atoms with Crippen molar-refractivity contribution in [1.29, 1.82) is 0 Å². The van der Waals surface area contributed by atoms with Crippen LogP contribution in [0.15, 0.2) is 12.4 Å². The van der Waals surface area contributed by atoms with Crippen LogP contribution in [0.2, 0.25) is 0 Å². The second kappa shape index (κ2) is 6.44. The van der Waals surface area contributed by atoms with Gasteiger partial charge in [-0.1, -0.05) is 0 Å². The van der Waals surface area contributed by atoms with Crippen molar-refractivity contribution in [1.82, 2.24) is 20.3 Å². The fraction of sp³-hybridized carbons (Fsp3) is 0.500. The zero-order valence-corrected chi connectivity index (χ0v) is 12.7. The van der Waals surface area contributed by atoms with Crippen LogP contribution in [0, 0.1) is 18.7 Å². The molecule has 21 heavy (non-hydrogen) atoms. The van der Waals surface area contributed by atoms with Gasteiger partial charge in [0.15, 0.2) is 10.9 Å². The predicted octanol–water partition coefficient (Wildman–Crippen LogP) is 2.67. The molecule has 1 saturated heterocycles. The molecule has 1 fully saturated rings. The molecule has 0 saturated carbocycles. The lowest BCUT2D eigenvalue weighted by atomic mass is 9.94. The van der Waals surface area contributed by atoms with E-state index in [9.17, 15) is 4.39 Å². The monoisotopic (exact) mass is 307 g/mol. The van der Waals surface area contributed by atoms with Crippen LogP contribution >= 0.6 is 11.3 Å². The summed E-state index contributed by atoms with van der Waals surface area (Å²) in [6, 6.07) is 0. The highest BCUT2D eigenvalue weighted by Crippen LogP contribution is 2.21. The Bertz CT molecular complexity index is 609. The van der Waals surface area contributed by atoms with Crippen molar-refractivity contribution in [3.8, 4) is 0 Å². The average molecular weight is 307 g/mol. The minimum Gasteiger partial charge on any atom is -0.316 e. The van der Waals surface area contributed by atoms with E-state index in [0.29, 0.717) is 24.0 Å². The molecule has 2 aromatic heterocycles. The second-order valence-electron chi connectivity index (χ2n) is 5.31. The minimum atomic E-state index is -0.332. The fourth-order valence-electron chi connectivity index (χ4n) is 2.49. The number of rotatable bonds is 4. The molecule has 3 heterocycles. The molecule has 3 rings (SSSR count). The van der Waals surface area contributed by atoms with E-state index in [2.05, 4.69) is 25.6 Å². The first kappa shape index (κ1) is 14.3. The maximum Gasteiger partial charge on any atom is 0.229 e. The Kier molecular flexibility index (Phi) is 4.40. The maximum atomic E-state index is 13.9. The van der Waals surface area contributed by atoms with Gasteiger partial charge in [-0.05, 0) is 45.2 Å². The van der Waals surface area contributed by atoms with E-state index in [1.54, 1.807) is 6.20 Å². The van der Waals surface area contributed by atoms with Crippen LogP contribution in [0.25, 0.3) is 0 Å². The number of nitrogens with zero attached hydrogens (tertiary/aromatic N) is 3. The van der Waals surface area contributed by atoms with Crippen molar-refractivity contribution in [2.75, 3.05) is 18.4 Å². The van der Waals surface area contributed by atoms with Crippen molar-refractivity contribution in [2.45, 2.75) is 26.2 Å². The zero-order valence-electron chi connectivity index (χ0n) is 11.9. The maximum absolute atomic E-state index is 13.9. The van der Waals surface area contributed by atoms with Crippen molar-refractivity contribution in [3.63, 3.8) is 0 Å². The lowest BCUT2D eigenvalue weighted by Gasteiger charge is -2.22.